The highest BCUT2D eigenvalue weighted by atomic mass is 32.2. The number of hydrogen-bond acceptors (Lipinski definition) is 5. The standard InChI is InChI=1S/C22H25N3O5S/c1-16-7-4-5-12-25(16)31(28,29)18-9-6-8-17(15-18)21(26)23-19-10-2-3-11-20(19)24-13-14-30-22(24)27/h2-3,6,8-11,15-16H,4-5,7,12-14H2,1H3,(H,23,26). The van der Waals surface area contributed by atoms with Gasteiger partial charge in [0.1, 0.15) is 6.61 Å². The molecule has 0 spiro atoms. The van der Waals surface area contributed by atoms with Crippen LogP contribution < -0.4 is 10.2 Å². The molecule has 0 aliphatic carbocycles. The van der Waals surface area contributed by atoms with Crippen LogP contribution in [0.15, 0.2) is 53.4 Å². The molecular formula is C22H25N3O5S. The summed E-state index contributed by atoms with van der Waals surface area (Å²) < 4.78 is 32.8. The van der Waals surface area contributed by atoms with E-state index in [0.717, 1.165) is 19.3 Å². The van der Waals surface area contributed by atoms with Crippen molar-refractivity contribution in [2.24, 2.45) is 0 Å². The SMILES string of the molecule is CC1CCCCN1S(=O)(=O)c1cccc(C(=O)Nc2ccccc2N2CCOC2=O)c1. The van der Waals surface area contributed by atoms with Crippen molar-refractivity contribution in [1.82, 2.24) is 4.31 Å². The molecule has 2 amide bonds. The van der Waals surface area contributed by atoms with E-state index in [0.29, 0.717) is 24.5 Å². The topological polar surface area (TPSA) is 96.0 Å². The third-order valence-corrected chi connectivity index (χ3v) is 7.66. The molecule has 2 saturated heterocycles. The maximum Gasteiger partial charge on any atom is 0.414 e. The fourth-order valence-corrected chi connectivity index (χ4v) is 5.73. The number of cyclic esters (lactones) is 1. The van der Waals surface area contributed by atoms with E-state index in [1.807, 2.05) is 6.92 Å². The monoisotopic (exact) mass is 443 g/mol. The minimum absolute atomic E-state index is 0.0664. The molecule has 1 N–H and O–H groups in total. The molecule has 9 heteroatoms. The molecule has 1 atom stereocenters. The molecule has 4 rings (SSSR count). The van der Waals surface area contributed by atoms with Crippen LogP contribution in [0.1, 0.15) is 36.5 Å². The lowest BCUT2D eigenvalue weighted by atomic mass is 10.1. The van der Waals surface area contributed by atoms with E-state index in [2.05, 4.69) is 5.32 Å². The zero-order valence-electron chi connectivity index (χ0n) is 17.3. The number of piperidine rings is 1. The van der Waals surface area contributed by atoms with Crippen molar-refractivity contribution in [2.45, 2.75) is 37.1 Å². The van der Waals surface area contributed by atoms with Crippen molar-refractivity contribution >= 4 is 33.4 Å². The van der Waals surface area contributed by atoms with Crippen molar-refractivity contribution in [1.29, 1.82) is 0 Å². The third kappa shape index (κ3) is 4.28. The van der Waals surface area contributed by atoms with Gasteiger partial charge in [-0.2, -0.15) is 4.31 Å². The molecule has 2 heterocycles. The molecule has 8 nitrogen and oxygen atoms in total. The summed E-state index contributed by atoms with van der Waals surface area (Å²) in [6.07, 6.45) is 2.21. The molecule has 2 aliphatic heterocycles. The second-order valence-electron chi connectivity index (χ2n) is 7.73. The summed E-state index contributed by atoms with van der Waals surface area (Å²) in [5, 5.41) is 2.79. The predicted molar refractivity (Wildman–Crippen MR) is 117 cm³/mol. The average molecular weight is 444 g/mol. The first kappa shape index (κ1) is 21.3. The van der Waals surface area contributed by atoms with Gasteiger partial charge < -0.3 is 10.1 Å². The average Bonchev–Trinajstić information content (AvgIpc) is 3.20. The first-order valence-corrected chi connectivity index (χ1v) is 11.8. The number of sulfonamides is 1. The van der Waals surface area contributed by atoms with Crippen LogP contribution in [0.3, 0.4) is 0 Å². The van der Waals surface area contributed by atoms with Gasteiger partial charge in [0.15, 0.2) is 0 Å². The van der Waals surface area contributed by atoms with E-state index in [4.69, 9.17) is 4.74 Å². The Morgan fingerprint density at radius 2 is 1.90 bits per heavy atom. The van der Waals surface area contributed by atoms with Gasteiger partial charge in [0.25, 0.3) is 5.91 Å². The fourth-order valence-electron chi connectivity index (χ4n) is 3.98. The summed E-state index contributed by atoms with van der Waals surface area (Å²) in [6.45, 7) is 3.08. The van der Waals surface area contributed by atoms with Gasteiger partial charge >= 0.3 is 6.09 Å². The Hall–Kier alpha value is -2.91. The van der Waals surface area contributed by atoms with Gasteiger partial charge in [0.05, 0.1) is 22.8 Å². The van der Waals surface area contributed by atoms with Gasteiger partial charge in [-0.15, -0.1) is 0 Å². The molecule has 2 aromatic rings. The van der Waals surface area contributed by atoms with Crippen molar-refractivity contribution in [2.75, 3.05) is 29.9 Å². The number of hydrogen-bond donors (Lipinski definition) is 1. The van der Waals surface area contributed by atoms with E-state index >= 15 is 0 Å². The summed E-state index contributed by atoms with van der Waals surface area (Å²) in [5.74, 6) is -0.455. The molecular weight excluding hydrogens is 418 g/mol. The Balaban J connectivity index is 1.58. The number of nitrogens with zero attached hydrogens (tertiary/aromatic N) is 2. The Morgan fingerprint density at radius 3 is 2.65 bits per heavy atom. The normalized spacial score (nSPS) is 19.8. The highest BCUT2D eigenvalue weighted by molar-refractivity contribution is 7.89. The highest BCUT2D eigenvalue weighted by Gasteiger charge is 2.31. The third-order valence-electron chi connectivity index (χ3n) is 5.65. The molecule has 2 aliphatic rings. The lowest BCUT2D eigenvalue weighted by Gasteiger charge is -2.32. The van der Waals surface area contributed by atoms with Crippen LogP contribution in [0.2, 0.25) is 0 Å². The van der Waals surface area contributed by atoms with Crippen molar-refractivity contribution in [3.05, 3.63) is 54.1 Å². The van der Waals surface area contributed by atoms with Crippen molar-refractivity contribution in [3.63, 3.8) is 0 Å². The first-order valence-electron chi connectivity index (χ1n) is 10.3. The largest absolute Gasteiger partial charge is 0.447 e. The fraction of sp³-hybridized carbons (Fsp3) is 0.364. The van der Waals surface area contributed by atoms with Crippen molar-refractivity contribution in [3.8, 4) is 0 Å². The van der Waals surface area contributed by atoms with Crippen LogP contribution in [0.5, 0.6) is 0 Å². The number of nitrogens with one attached hydrogen (secondary N) is 1. The smallest absolute Gasteiger partial charge is 0.414 e. The molecule has 164 valence electrons. The first-order chi connectivity index (χ1) is 14.9. The van der Waals surface area contributed by atoms with E-state index in [1.165, 1.54) is 21.3 Å². The van der Waals surface area contributed by atoms with Crippen molar-refractivity contribution < 1.29 is 22.7 Å². The number of benzene rings is 2. The zero-order valence-corrected chi connectivity index (χ0v) is 18.1. The summed E-state index contributed by atoms with van der Waals surface area (Å²) in [4.78, 5) is 26.4. The molecule has 1 unspecified atom stereocenters. The van der Waals surface area contributed by atoms with Crippen LogP contribution in [-0.4, -0.2) is 50.5 Å². The lowest BCUT2D eigenvalue weighted by molar-refractivity contribution is 0.102. The van der Waals surface area contributed by atoms with E-state index in [-0.39, 0.29) is 23.1 Å². The van der Waals surface area contributed by atoms with E-state index < -0.39 is 22.0 Å². The maximum atomic E-state index is 13.1. The maximum absolute atomic E-state index is 13.1. The number of ether oxygens (including phenoxy) is 1. The second-order valence-corrected chi connectivity index (χ2v) is 9.62. The summed E-state index contributed by atoms with van der Waals surface area (Å²) in [6, 6.07) is 12.9. The zero-order chi connectivity index (χ0) is 22.0. The van der Waals surface area contributed by atoms with Gasteiger partial charge in [-0.3, -0.25) is 9.69 Å². The number of para-hydroxylation sites is 2. The summed E-state index contributed by atoms with van der Waals surface area (Å²) >= 11 is 0. The van der Waals surface area contributed by atoms with Gasteiger partial charge in [0.2, 0.25) is 10.0 Å². The summed E-state index contributed by atoms with van der Waals surface area (Å²) in [7, 11) is -3.68. The van der Waals surface area contributed by atoms with Gasteiger partial charge in [0, 0.05) is 18.2 Å². The Bertz CT molecular complexity index is 1100. The molecule has 0 saturated carbocycles. The molecule has 2 fully saturated rings. The number of amides is 2. The number of rotatable bonds is 5. The van der Waals surface area contributed by atoms with E-state index in [9.17, 15) is 18.0 Å². The Morgan fingerprint density at radius 1 is 1.10 bits per heavy atom. The van der Waals surface area contributed by atoms with Crippen LogP contribution in [0.4, 0.5) is 16.2 Å². The lowest BCUT2D eigenvalue weighted by Crippen LogP contribution is -2.41. The molecule has 2 aromatic carbocycles. The van der Waals surface area contributed by atoms with Gasteiger partial charge in [-0.25, -0.2) is 13.2 Å². The minimum Gasteiger partial charge on any atom is -0.447 e. The minimum atomic E-state index is -3.68. The number of carbonyl (C=O) groups is 2. The van der Waals surface area contributed by atoms with E-state index in [1.54, 1.807) is 36.4 Å². The number of carbonyl (C=O) groups excluding carboxylic acids is 2. The molecule has 0 aromatic heterocycles. The van der Waals surface area contributed by atoms with Crippen LogP contribution in [-0.2, 0) is 14.8 Å². The Labute approximate surface area is 181 Å². The second kappa shape index (κ2) is 8.68. The van der Waals surface area contributed by atoms with Gasteiger partial charge in [-0.05, 0) is 50.1 Å². The van der Waals surface area contributed by atoms with Gasteiger partial charge in [-0.1, -0.05) is 24.6 Å². The molecule has 0 radical (unpaired) electrons. The van der Waals surface area contributed by atoms with Crippen LogP contribution in [0.25, 0.3) is 0 Å². The quantitative estimate of drug-likeness (QED) is 0.764. The number of anilines is 2. The highest BCUT2D eigenvalue weighted by Crippen LogP contribution is 2.29. The van der Waals surface area contributed by atoms with Crippen LogP contribution >= 0.6 is 0 Å². The molecule has 31 heavy (non-hydrogen) atoms. The summed E-state index contributed by atoms with van der Waals surface area (Å²) in [5.41, 5.74) is 1.21. The molecule has 0 bridgehead atoms. The van der Waals surface area contributed by atoms with Crippen LogP contribution in [0, 0.1) is 0 Å². The Kier molecular flexibility index (Phi) is 5.97. The predicted octanol–water partition coefficient (Wildman–Crippen LogP) is 3.46.